The van der Waals surface area contributed by atoms with Crippen LogP contribution < -0.4 is 0 Å². The molecule has 0 aliphatic rings. The van der Waals surface area contributed by atoms with Crippen molar-refractivity contribution in [3.8, 4) is 0 Å². The van der Waals surface area contributed by atoms with Crippen molar-refractivity contribution in [2.45, 2.75) is 420 Å². The van der Waals surface area contributed by atoms with Crippen molar-refractivity contribution in [3.63, 3.8) is 0 Å². The fourth-order valence-electron chi connectivity index (χ4n) is 11.9. The van der Waals surface area contributed by atoms with E-state index in [1.165, 1.54) is 212 Å². The summed E-state index contributed by atoms with van der Waals surface area (Å²) in [5.74, 6) is 0.225. The summed E-state index contributed by atoms with van der Waals surface area (Å²) in [5, 5.41) is 10.6. The number of ether oxygens (including phenoxy) is 4. The molecule has 0 aliphatic heterocycles. The molecule has 0 radical (unpaired) electrons. The van der Waals surface area contributed by atoms with Crippen molar-refractivity contribution in [2.24, 2.45) is 17.8 Å². The van der Waals surface area contributed by atoms with Crippen molar-refractivity contribution < 1.29 is 80.2 Å². The van der Waals surface area contributed by atoms with E-state index in [9.17, 15) is 43.2 Å². The van der Waals surface area contributed by atoms with Gasteiger partial charge in [-0.1, -0.05) is 350 Å². The minimum Gasteiger partial charge on any atom is -0.462 e. The number of unbranched alkanes of at least 4 members (excludes halogenated alkanes) is 43. The second-order valence-corrected chi connectivity index (χ2v) is 32.2. The predicted molar refractivity (Wildman–Crippen MR) is 395 cm³/mol. The maximum Gasteiger partial charge on any atom is 0.472 e. The van der Waals surface area contributed by atoms with Gasteiger partial charge < -0.3 is 33.8 Å². The first-order valence-electron chi connectivity index (χ1n) is 40.4. The first-order valence-corrected chi connectivity index (χ1v) is 43.4. The van der Waals surface area contributed by atoms with E-state index in [4.69, 9.17) is 37.0 Å². The van der Waals surface area contributed by atoms with Gasteiger partial charge >= 0.3 is 39.5 Å². The van der Waals surface area contributed by atoms with Crippen LogP contribution in [0.3, 0.4) is 0 Å². The Balaban J connectivity index is 5.26. The highest BCUT2D eigenvalue weighted by Crippen LogP contribution is 2.45. The monoisotopic (exact) mass is 1420 g/mol. The highest BCUT2D eigenvalue weighted by molar-refractivity contribution is 7.47. The number of aliphatic hydroxyl groups is 1. The van der Waals surface area contributed by atoms with Gasteiger partial charge in [-0.15, -0.1) is 0 Å². The Labute approximate surface area is 594 Å². The van der Waals surface area contributed by atoms with Gasteiger partial charge in [-0.3, -0.25) is 37.3 Å². The van der Waals surface area contributed by atoms with Crippen LogP contribution in [0.2, 0.25) is 0 Å². The van der Waals surface area contributed by atoms with Crippen molar-refractivity contribution >= 4 is 39.5 Å². The summed E-state index contributed by atoms with van der Waals surface area (Å²) in [7, 11) is -9.92. The third-order valence-electron chi connectivity index (χ3n) is 18.5. The van der Waals surface area contributed by atoms with Gasteiger partial charge in [0.15, 0.2) is 12.2 Å². The van der Waals surface area contributed by atoms with E-state index in [1.807, 2.05) is 0 Å². The Hall–Kier alpha value is -1.94. The lowest BCUT2D eigenvalue weighted by Gasteiger charge is -2.21. The van der Waals surface area contributed by atoms with Crippen molar-refractivity contribution in [1.29, 1.82) is 0 Å². The van der Waals surface area contributed by atoms with E-state index < -0.39 is 97.5 Å². The number of phosphoric acid groups is 2. The van der Waals surface area contributed by atoms with Crippen LogP contribution in [0.15, 0.2) is 0 Å². The average molecular weight is 1420 g/mol. The van der Waals surface area contributed by atoms with Crippen LogP contribution in [0.4, 0.5) is 0 Å². The number of hydrogen-bond acceptors (Lipinski definition) is 15. The summed E-state index contributed by atoms with van der Waals surface area (Å²) in [6.07, 6.45) is 55.3. The highest BCUT2D eigenvalue weighted by atomic mass is 31.2. The third kappa shape index (κ3) is 70.9. The van der Waals surface area contributed by atoms with E-state index in [0.29, 0.717) is 25.7 Å². The summed E-state index contributed by atoms with van der Waals surface area (Å²) in [6.45, 7) is 11.9. The molecule has 0 rings (SSSR count). The van der Waals surface area contributed by atoms with E-state index in [2.05, 4.69) is 48.5 Å². The molecule has 0 spiro atoms. The zero-order valence-electron chi connectivity index (χ0n) is 63.5. The van der Waals surface area contributed by atoms with Gasteiger partial charge in [0.05, 0.1) is 26.4 Å². The topological polar surface area (TPSA) is 237 Å². The number of rotatable bonds is 76. The van der Waals surface area contributed by atoms with Crippen LogP contribution in [-0.2, 0) is 65.4 Å². The maximum atomic E-state index is 13.1. The Morgan fingerprint density at radius 1 is 0.299 bits per heavy atom. The summed E-state index contributed by atoms with van der Waals surface area (Å²) in [4.78, 5) is 72.9. The van der Waals surface area contributed by atoms with Crippen LogP contribution >= 0.6 is 15.6 Å². The number of carbonyl (C=O) groups excluding carboxylic acids is 4. The van der Waals surface area contributed by atoms with Gasteiger partial charge in [-0.2, -0.15) is 0 Å². The lowest BCUT2D eigenvalue weighted by atomic mass is 9.99. The lowest BCUT2D eigenvalue weighted by molar-refractivity contribution is -0.161. The molecule has 0 aromatic carbocycles. The van der Waals surface area contributed by atoms with E-state index in [-0.39, 0.29) is 25.7 Å². The van der Waals surface area contributed by atoms with Crippen molar-refractivity contribution in [3.05, 3.63) is 0 Å². The fraction of sp³-hybridized carbons (Fsp3) is 0.949. The molecule has 0 fully saturated rings. The molecule has 0 saturated heterocycles. The second kappa shape index (κ2) is 68.5. The van der Waals surface area contributed by atoms with Crippen molar-refractivity contribution in [1.82, 2.24) is 0 Å². The number of phosphoric ester groups is 2. The molecular formula is C78H152O17P2. The molecular weight excluding hydrogens is 1270 g/mol. The van der Waals surface area contributed by atoms with Gasteiger partial charge in [-0.05, 0) is 43.4 Å². The Bertz CT molecular complexity index is 1890. The largest absolute Gasteiger partial charge is 0.472 e. The number of esters is 4. The number of carbonyl (C=O) groups is 4. The van der Waals surface area contributed by atoms with Crippen LogP contribution in [0, 0.1) is 17.8 Å². The molecule has 3 N–H and O–H groups in total. The van der Waals surface area contributed by atoms with E-state index in [0.717, 1.165) is 108 Å². The van der Waals surface area contributed by atoms with Crippen LogP contribution in [-0.4, -0.2) is 96.7 Å². The summed E-state index contributed by atoms with van der Waals surface area (Å²) < 4.78 is 68.6. The molecule has 97 heavy (non-hydrogen) atoms. The first kappa shape index (κ1) is 95.1. The fourth-order valence-corrected chi connectivity index (χ4v) is 13.5. The maximum absolute atomic E-state index is 13.1. The molecule has 0 aliphatic carbocycles. The number of aliphatic hydroxyl groups excluding tert-OH is 1. The molecule has 6 atom stereocenters. The first-order chi connectivity index (χ1) is 46.8. The molecule has 0 saturated carbocycles. The molecule has 0 aromatic rings. The van der Waals surface area contributed by atoms with Gasteiger partial charge in [0.25, 0.3) is 0 Å². The summed E-state index contributed by atoms with van der Waals surface area (Å²) in [6, 6.07) is 0. The summed E-state index contributed by atoms with van der Waals surface area (Å²) >= 11 is 0. The zero-order chi connectivity index (χ0) is 71.6. The molecule has 0 amide bonds. The normalized spacial score (nSPS) is 14.3. The highest BCUT2D eigenvalue weighted by Gasteiger charge is 2.30. The molecule has 0 aromatic heterocycles. The SMILES string of the molecule is CCCCCCCCCCCCCCCCC(=O)O[C@H](COC(=O)CCCCCCCCCCC(C)C)COP(=O)(O)OC[C@H](O)COP(=O)(O)OC[C@@H](COC(=O)CCCCCCCCCCCCC(C)CC)OC(=O)CCCCCCCCCCCCCCCCCC(C)C. The van der Waals surface area contributed by atoms with E-state index >= 15 is 0 Å². The third-order valence-corrected chi connectivity index (χ3v) is 20.4. The van der Waals surface area contributed by atoms with Gasteiger partial charge in [0.2, 0.25) is 0 Å². The molecule has 0 bridgehead atoms. The molecule has 576 valence electrons. The molecule has 3 unspecified atom stereocenters. The van der Waals surface area contributed by atoms with E-state index in [1.54, 1.807) is 0 Å². The van der Waals surface area contributed by atoms with Crippen LogP contribution in [0.25, 0.3) is 0 Å². The van der Waals surface area contributed by atoms with Crippen LogP contribution in [0.5, 0.6) is 0 Å². The quantitative estimate of drug-likeness (QED) is 0.0222. The lowest BCUT2D eigenvalue weighted by Crippen LogP contribution is -2.30. The predicted octanol–water partition coefficient (Wildman–Crippen LogP) is 23.0. The van der Waals surface area contributed by atoms with Crippen LogP contribution in [0.1, 0.15) is 402 Å². The zero-order valence-corrected chi connectivity index (χ0v) is 65.3. The van der Waals surface area contributed by atoms with Crippen molar-refractivity contribution in [2.75, 3.05) is 39.6 Å². The average Bonchev–Trinajstić information content (AvgIpc) is 1.26. The van der Waals surface area contributed by atoms with Gasteiger partial charge in [0, 0.05) is 25.7 Å². The smallest absolute Gasteiger partial charge is 0.462 e. The minimum atomic E-state index is -4.96. The second-order valence-electron chi connectivity index (χ2n) is 29.3. The molecule has 19 heteroatoms. The number of hydrogen-bond donors (Lipinski definition) is 3. The standard InChI is InChI=1S/C78H152O17P2/c1-8-10-11-12-13-14-15-16-21-24-31-40-47-54-61-77(82)95-74(66-89-76(81)60-53-46-39-34-33-36-43-50-57-70(5)6)68-93-97(86,87)91-64-72(79)63-90-96(84,85)92-67-73(65-88-75(80)59-52-45-38-30-27-26-29-37-44-51-58-71(7)9-2)94-78(83)62-55-48-41-32-25-22-19-17-18-20-23-28-35-42-49-56-69(3)4/h69-74,79H,8-68H2,1-7H3,(H,84,85)(H,86,87)/t71?,72-,73-,74-/m1/s1. The molecule has 0 heterocycles. The summed E-state index contributed by atoms with van der Waals surface area (Å²) in [5.41, 5.74) is 0. The Morgan fingerprint density at radius 3 is 0.784 bits per heavy atom. The Kier molecular flexibility index (Phi) is 67.1. The minimum absolute atomic E-state index is 0.107. The Morgan fingerprint density at radius 2 is 0.526 bits per heavy atom. The van der Waals surface area contributed by atoms with Gasteiger partial charge in [-0.25, -0.2) is 9.13 Å². The molecule has 17 nitrogen and oxygen atoms in total. The van der Waals surface area contributed by atoms with Gasteiger partial charge in [0.1, 0.15) is 19.3 Å².